The van der Waals surface area contributed by atoms with E-state index in [1.54, 1.807) is 0 Å². The van der Waals surface area contributed by atoms with E-state index in [2.05, 4.69) is 41.0 Å². The zero-order valence-electron chi connectivity index (χ0n) is 24.1. The summed E-state index contributed by atoms with van der Waals surface area (Å²) < 4.78 is 17.5. The normalized spacial score (nSPS) is 15.3. The van der Waals surface area contributed by atoms with Gasteiger partial charge in [-0.3, -0.25) is 4.57 Å². The Morgan fingerprint density at radius 1 is 0.489 bits per heavy atom. The molecule has 0 N–H and O–H groups in total. The van der Waals surface area contributed by atoms with E-state index in [1.165, 1.54) is 0 Å². The fourth-order valence-electron chi connectivity index (χ4n) is 6.69. The minimum absolute atomic E-state index is 0.515. The van der Waals surface area contributed by atoms with E-state index in [4.69, 9.17) is 15.0 Å². The fourth-order valence-corrected chi connectivity index (χ4v) is 9.74. The zero-order valence-corrected chi connectivity index (χ0v) is 25.0. The summed E-state index contributed by atoms with van der Waals surface area (Å²) in [7, 11) is -3.14. The average molecular weight is 597 g/mol. The quantitative estimate of drug-likeness (QED) is 0.194. The van der Waals surface area contributed by atoms with E-state index >= 15 is 4.57 Å². The molecule has 0 saturated heterocycles. The maximum absolute atomic E-state index is 15.4. The third-order valence-corrected chi connectivity index (χ3v) is 11.8. The van der Waals surface area contributed by atoms with Gasteiger partial charge >= 0.3 is 0 Å². The third kappa shape index (κ3) is 3.81. The molecule has 3 heterocycles. The largest absolute Gasteiger partial charge is 0.309 e. The Balaban J connectivity index is 1.43. The van der Waals surface area contributed by atoms with Crippen molar-refractivity contribution < 1.29 is 4.57 Å². The van der Waals surface area contributed by atoms with Gasteiger partial charge in [0.2, 0.25) is 5.95 Å². The molecule has 1 aliphatic heterocycles. The first-order chi connectivity index (χ1) is 22.2. The molecule has 1 atom stereocenters. The molecule has 1 unspecified atom stereocenters. The summed E-state index contributed by atoms with van der Waals surface area (Å²) in [5.41, 5.74) is 5.68. The van der Waals surface area contributed by atoms with Crippen LogP contribution in [0.1, 0.15) is 0 Å². The summed E-state index contributed by atoms with van der Waals surface area (Å²) in [5.74, 6) is 1.70. The summed E-state index contributed by atoms with van der Waals surface area (Å²) in [4.78, 5) is 15.2. The van der Waals surface area contributed by atoms with Gasteiger partial charge in [-0.05, 0) is 17.7 Å². The molecule has 0 fully saturated rings. The van der Waals surface area contributed by atoms with Gasteiger partial charge in [-0.15, -0.1) is 0 Å². The maximum atomic E-state index is 15.4. The van der Waals surface area contributed by atoms with Gasteiger partial charge < -0.3 is 4.57 Å². The lowest BCUT2D eigenvalue weighted by atomic mass is 10.0. The first-order valence-corrected chi connectivity index (χ1v) is 16.6. The van der Waals surface area contributed by atoms with Gasteiger partial charge in [-0.2, -0.15) is 9.97 Å². The molecule has 0 radical (unpaired) electrons. The van der Waals surface area contributed by atoms with Crippen LogP contribution in [0, 0.1) is 0 Å². The molecule has 5 nitrogen and oxygen atoms in total. The number of hydrogen-bond acceptors (Lipinski definition) is 4. The molecule has 0 aliphatic carbocycles. The highest BCUT2D eigenvalue weighted by molar-refractivity contribution is 7.86. The monoisotopic (exact) mass is 596 g/mol. The first kappa shape index (κ1) is 25.8. The van der Waals surface area contributed by atoms with Crippen LogP contribution in [0.25, 0.3) is 61.7 Å². The molecule has 6 aromatic carbocycles. The van der Waals surface area contributed by atoms with Gasteiger partial charge in [-0.1, -0.05) is 140 Å². The number of rotatable bonds is 4. The molecule has 9 rings (SSSR count). The zero-order chi connectivity index (χ0) is 30.0. The Hall–Kier alpha value is -5.64. The molecule has 45 heavy (non-hydrogen) atoms. The second-order valence-corrected chi connectivity index (χ2v) is 13.9. The molecule has 0 spiro atoms. The van der Waals surface area contributed by atoms with Crippen LogP contribution in [0.5, 0.6) is 0 Å². The molecule has 2 aromatic heterocycles. The summed E-state index contributed by atoms with van der Waals surface area (Å²) in [6.07, 6.45) is 0. The predicted molar refractivity (Wildman–Crippen MR) is 183 cm³/mol. The van der Waals surface area contributed by atoms with E-state index in [-0.39, 0.29) is 0 Å². The van der Waals surface area contributed by atoms with Crippen LogP contribution in [0.4, 0.5) is 0 Å². The van der Waals surface area contributed by atoms with Gasteiger partial charge in [-0.25, -0.2) is 4.98 Å². The van der Waals surface area contributed by atoms with Gasteiger partial charge in [0.1, 0.15) is 0 Å². The van der Waals surface area contributed by atoms with Crippen LogP contribution in [-0.2, 0) is 4.57 Å². The van der Waals surface area contributed by atoms with Crippen LogP contribution >= 0.6 is 7.14 Å². The van der Waals surface area contributed by atoms with Crippen LogP contribution in [0.15, 0.2) is 152 Å². The summed E-state index contributed by atoms with van der Waals surface area (Å²) in [6, 6.07) is 50.5. The standard InChI is InChI=1S/C39H25N4OP/c44-45(28-18-8-3-9-19-28)33-23-13-11-21-31(33)35-34(45)25-24-30-29-20-10-12-22-32(29)43(36(30)35)39-41-37(26-14-4-1-5-15-26)40-38(42-39)27-16-6-2-7-17-27/h1-25H. The highest BCUT2D eigenvalue weighted by atomic mass is 31.2. The van der Waals surface area contributed by atoms with E-state index in [0.29, 0.717) is 17.6 Å². The van der Waals surface area contributed by atoms with Crippen molar-refractivity contribution in [3.8, 4) is 39.9 Å². The number of para-hydroxylation sites is 1. The molecule has 8 aromatic rings. The lowest BCUT2D eigenvalue weighted by Crippen LogP contribution is -2.20. The second kappa shape index (κ2) is 9.95. The third-order valence-electron chi connectivity index (χ3n) is 8.67. The maximum Gasteiger partial charge on any atom is 0.238 e. The van der Waals surface area contributed by atoms with E-state index < -0.39 is 7.14 Å². The molecule has 212 valence electrons. The Labute approximate surface area is 259 Å². The van der Waals surface area contributed by atoms with Crippen molar-refractivity contribution in [2.24, 2.45) is 0 Å². The van der Waals surface area contributed by atoms with Crippen molar-refractivity contribution in [1.82, 2.24) is 19.5 Å². The molecular formula is C39H25N4OP. The van der Waals surface area contributed by atoms with Gasteiger partial charge in [0.05, 0.1) is 11.0 Å². The fraction of sp³-hybridized carbons (Fsp3) is 0. The Kier molecular flexibility index (Phi) is 5.71. The van der Waals surface area contributed by atoms with Crippen molar-refractivity contribution in [2.45, 2.75) is 0 Å². The van der Waals surface area contributed by atoms with Crippen LogP contribution in [0.2, 0.25) is 0 Å². The molecule has 1 aliphatic rings. The van der Waals surface area contributed by atoms with Gasteiger partial charge in [0, 0.05) is 43.4 Å². The van der Waals surface area contributed by atoms with Crippen LogP contribution in [-0.4, -0.2) is 19.5 Å². The topological polar surface area (TPSA) is 60.7 Å². The summed E-state index contributed by atoms with van der Waals surface area (Å²) in [5, 5.41) is 4.67. The van der Waals surface area contributed by atoms with Crippen LogP contribution in [0.3, 0.4) is 0 Å². The number of nitrogens with zero attached hydrogens (tertiary/aromatic N) is 4. The highest BCUT2D eigenvalue weighted by Gasteiger charge is 2.42. The number of benzene rings is 6. The average Bonchev–Trinajstić information content (AvgIpc) is 3.60. The Morgan fingerprint density at radius 3 is 1.76 bits per heavy atom. The second-order valence-electron chi connectivity index (χ2n) is 11.2. The number of fused-ring (bicyclic) bond motifs is 7. The molecule has 6 heteroatoms. The molecule has 0 amide bonds. The first-order valence-electron chi connectivity index (χ1n) is 14.9. The van der Waals surface area contributed by atoms with Crippen LogP contribution < -0.4 is 15.9 Å². The minimum Gasteiger partial charge on any atom is -0.309 e. The lowest BCUT2D eigenvalue weighted by Gasteiger charge is -2.16. The summed E-state index contributed by atoms with van der Waals surface area (Å²) >= 11 is 0. The smallest absolute Gasteiger partial charge is 0.238 e. The van der Waals surface area contributed by atoms with Crippen molar-refractivity contribution in [3.05, 3.63) is 152 Å². The molecule has 0 saturated carbocycles. The number of aromatic nitrogens is 4. The Morgan fingerprint density at radius 2 is 1.07 bits per heavy atom. The SMILES string of the molecule is O=P1(c2ccccc2)c2ccccc2-c2c1ccc1c3ccccc3n(-c3nc(-c4ccccc4)nc(-c4ccccc4)n3)c21. The van der Waals surface area contributed by atoms with Crippen molar-refractivity contribution in [2.75, 3.05) is 0 Å². The number of hydrogen-bond donors (Lipinski definition) is 0. The van der Waals surface area contributed by atoms with E-state index in [9.17, 15) is 0 Å². The predicted octanol–water partition coefficient (Wildman–Crippen LogP) is 7.92. The molecular weight excluding hydrogens is 571 g/mol. The van der Waals surface area contributed by atoms with Crippen molar-refractivity contribution >= 4 is 44.9 Å². The van der Waals surface area contributed by atoms with E-state index in [0.717, 1.165) is 60.0 Å². The minimum atomic E-state index is -3.14. The van der Waals surface area contributed by atoms with Crippen molar-refractivity contribution in [3.63, 3.8) is 0 Å². The molecule has 0 bridgehead atoms. The van der Waals surface area contributed by atoms with E-state index in [1.807, 2.05) is 115 Å². The Bertz CT molecular complexity index is 2400. The van der Waals surface area contributed by atoms with Gasteiger partial charge in [0.15, 0.2) is 18.8 Å². The van der Waals surface area contributed by atoms with Gasteiger partial charge in [0.25, 0.3) is 0 Å². The summed E-state index contributed by atoms with van der Waals surface area (Å²) in [6.45, 7) is 0. The highest BCUT2D eigenvalue weighted by Crippen LogP contribution is 2.54. The lowest BCUT2D eigenvalue weighted by molar-refractivity contribution is 0.593. The van der Waals surface area contributed by atoms with Crippen molar-refractivity contribution in [1.29, 1.82) is 0 Å².